The highest BCUT2D eigenvalue weighted by molar-refractivity contribution is 7.16. The van der Waals surface area contributed by atoms with Gasteiger partial charge in [0.05, 0.1) is 11.9 Å². The Bertz CT molecular complexity index is 871. The van der Waals surface area contributed by atoms with Crippen molar-refractivity contribution in [1.29, 1.82) is 0 Å². The molecule has 0 fully saturated rings. The first-order valence-electron chi connectivity index (χ1n) is 7.78. The van der Waals surface area contributed by atoms with Crippen molar-refractivity contribution in [2.75, 3.05) is 5.43 Å². The van der Waals surface area contributed by atoms with Gasteiger partial charge in [-0.1, -0.05) is 72.3 Å². The number of hydrazone groups is 1. The first kappa shape index (κ1) is 16.7. The fourth-order valence-corrected chi connectivity index (χ4v) is 3.48. The number of rotatable bonds is 5. The van der Waals surface area contributed by atoms with Crippen LogP contribution in [0.4, 0.5) is 5.13 Å². The molecule has 0 spiro atoms. The molecule has 0 unspecified atom stereocenters. The van der Waals surface area contributed by atoms with Gasteiger partial charge in [-0.2, -0.15) is 5.10 Å². The largest absolute Gasteiger partial charge is 0.253 e. The molecular weight excluding hydrogens is 338 g/mol. The Morgan fingerprint density at radius 2 is 1.92 bits per heavy atom. The summed E-state index contributed by atoms with van der Waals surface area (Å²) in [7, 11) is 0. The van der Waals surface area contributed by atoms with Gasteiger partial charge in [-0.15, -0.1) is 0 Å². The predicted octanol–water partition coefficient (Wildman–Crippen LogP) is 5.78. The molecule has 1 heterocycles. The number of aryl methyl sites for hydroxylation is 2. The Balaban J connectivity index is 1.83. The number of nitrogens with zero attached hydrogens (tertiary/aromatic N) is 2. The Morgan fingerprint density at radius 1 is 1.17 bits per heavy atom. The van der Waals surface area contributed by atoms with Crippen LogP contribution in [0.2, 0.25) is 5.02 Å². The van der Waals surface area contributed by atoms with E-state index in [1.54, 1.807) is 11.3 Å². The van der Waals surface area contributed by atoms with E-state index in [4.69, 9.17) is 11.6 Å². The number of benzene rings is 2. The van der Waals surface area contributed by atoms with Gasteiger partial charge in [0.25, 0.3) is 0 Å². The molecule has 0 radical (unpaired) electrons. The molecule has 0 bridgehead atoms. The highest BCUT2D eigenvalue weighted by atomic mass is 35.5. The summed E-state index contributed by atoms with van der Waals surface area (Å²) in [5.41, 5.74) is 7.21. The van der Waals surface area contributed by atoms with Gasteiger partial charge in [0.2, 0.25) is 5.13 Å². The lowest BCUT2D eigenvalue weighted by atomic mass is 10.1. The fraction of sp³-hybridized carbons (Fsp3) is 0.158. The SMILES string of the molecule is CCc1sc(N/N=C/c2ccccc2C)nc1-c1ccccc1Cl. The molecule has 0 atom stereocenters. The van der Waals surface area contributed by atoms with Crippen molar-refractivity contribution in [3.8, 4) is 11.3 Å². The van der Waals surface area contributed by atoms with Crippen LogP contribution in [0.1, 0.15) is 22.9 Å². The van der Waals surface area contributed by atoms with E-state index in [1.165, 1.54) is 10.4 Å². The van der Waals surface area contributed by atoms with Crippen molar-refractivity contribution < 1.29 is 0 Å². The zero-order valence-electron chi connectivity index (χ0n) is 13.6. The molecule has 3 nitrogen and oxygen atoms in total. The second-order valence-electron chi connectivity index (χ2n) is 5.35. The molecule has 0 amide bonds. The van der Waals surface area contributed by atoms with E-state index in [-0.39, 0.29) is 0 Å². The molecule has 0 aliphatic carbocycles. The minimum absolute atomic E-state index is 0.715. The van der Waals surface area contributed by atoms with Crippen molar-refractivity contribution in [2.24, 2.45) is 5.10 Å². The first-order valence-corrected chi connectivity index (χ1v) is 8.97. The van der Waals surface area contributed by atoms with Crippen LogP contribution < -0.4 is 5.43 Å². The van der Waals surface area contributed by atoms with Gasteiger partial charge in [0, 0.05) is 15.5 Å². The Hall–Kier alpha value is -2.17. The maximum Gasteiger partial charge on any atom is 0.204 e. The van der Waals surface area contributed by atoms with E-state index in [0.717, 1.165) is 28.4 Å². The van der Waals surface area contributed by atoms with Crippen LogP contribution in [0.5, 0.6) is 0 Å². The average Bonchev–Trinajstić information content (AvgIpc) is 3.00. The van der Waals surface area contributed by atoms with Crippen molar-refractivity contribution >= 4 is 34.3 Å². The van der Waals surface area contributed by atoms with Crippen LogP contribution in [-0.2, 0) is 6.42 Å². The molecule has 0 saturated heterocycles. The number of hydrogen-bond donors (Lipinski definition) is 1. The summed E-state index contributed by atoms with van der Waals surface area (Å²) in [6.07, 6.45) is 2.72. The molecule has 5 heteroatoms. The van der Waals surface area contributed by atoms with E-state index in [2.05, 4.69) is 35.4 Å². The van der Waals surface area contributed by atoms with Crippen LogP contribution in [0.15, 0.2) is 53.6 Å². The van der Waals surface area contributed by atoms with E-state index >= 15 is 0 Å². The van der Waals surface area contributed by atoms with Crippen molar-refractivity contribution in [2.45, 2.75) is 20.3 Å². The second-order valence-corrected chi connectivity index (χ2v) is 6.84. The molecule has 1 N–H and O–H groups in total. The third kappa shape index (κ3) is 3.66. The van der Waals surface area contributed by atoms with Gasteiger partial charge in [0.15, 0.2) is 0 Å². The van der Waals surface area contributed by atoms with Crippen LogP contribution in [0.25, 0.3) is 11.3 Å². The van der Waals surface area contributed by atoms with Gasteiger partial charge < -0.3 is 0 Å². The molecule has 122 valence electrons. The summed E-state index contributed by atoms with van der Waals surface area (Å²) in [6.45, 7) is 4.18. The first-order chi connectivity index (χ1) is 11.7. The Labute approximate surface area is 151 Å². The normalized spacial score (nSPS) is 11.1. The summed E-state index contributed by atoms with van der Waals surface area (Å²) in [5, 5.41) is 5.80. The maximum atomic E-state index is 6.31. The molecule has 0 aliphatic heterocycles. The highest BCUT2D eigenvalue weighted by Crippen LogP contribution is 2.35. The summed E-state index contributed by atoms with van der Waals surface area (Å²) < 4.78 is 0. The van der Waals surface area contributed by atoms with E-state index in [1.807, 2.05) is 48.7 Å². The number of nitrogens with one attached hydrogen (secondary N) is 1. The fourth-order valence-electron chi connectivity index (χ4n) is 2.39. The summed E-state index contributed by atoms with van der Waals surface area (Å²) in [4.78, 5) is 5.87. The Kier molecular flexibility index (Phi) is 5.28. The number of thiazole rings is 1. The standard InChI is InChI=1S/C19H18ClN3S/c1-3-17-18(15-10-6-7-11-16(15)20)22-19(24-17)23-21-12-14-9-5-4-8-13(14)2/h4-12H,3H2,1-2H3,(H,22,23)/b21-12+. The zero-order valence-corrected chi connectivity index (χ0v) is 15.2. The van der Waals surface area contributed by atoms with Crippen molar-refractivity contribution in [3.05, 3.63) is 69.6 Å². The van der Waals surface area contributed by atoms with Crippen LogP contribution in [-0.4, -0.2) is 11.2 Å². The minimum Gasteiger partial charge on any atom is -0.253 e. The summed E-state index contributed by atoms with van der Waals surface area (Å²) in [6, 6.07) is 15.9. The molecule has 3 aromatic rings. The molecule has 1 aromatic heterocycles. The highest BCUT2D eigenvalue weighted by Gasteiger charge is 2.13. The molecule has 3 rings (SSSR count). The average molecular weight is 356 g/mol. The number of halogens is 1. The van der Waals surface area contributed by atoms with Crippen LogP contribution >= 0.6 is 22.9 Å². The molecule has 24 heavy (non-hydrogen) atoms. The minimum atomic E-state index is 0.715. The zero-order chi connectivity index (χ0) is 16.9. The van der Waals surface area contributed by atoms with Crippen LogP contribution in [0.3, 0.4) is 0 Å². The maximum absolute atomic E-state index is 6.31. The summed E-state index contributed by atoms with van der Waals surface area (Å²) >= 11 is 7.92. The lowest BCUT2D eigenvalue weighted by Gasteiger charge is -2.02. The molecule has 2 aromatic carbocycles. The van der Waals surface area contributed by atoms with Gasteiger partial charge in [-0.05, 0) is 30.5 Å². The van der Waals surface area contributed by atoms with E-state index < -0.39 is 0 Å². The van der Waals surface area contributed by atoms with Gasteiger partial charge >= 0.3 is 0 Å². The number of anilines is 1. The van der Waals surface area contributed by atoms with E-state index in [9.17, 15) is 0 Å². The predicted molar refractivity (Wildman–Crippen MR) is 104 cm³/mol. The van der Waals surface area contributed by atoms with Crippen molar-refractivity contribution in [3.63, 3.8) is 0 Å². The van der Waals surface area contributed by atoms with Gasteiger partial charge in [-0.3, -0.25) is 5.43 Å². The number of aromatic nitrogens is 1. The molecule has 0 aliphatic rings. The van der Waals surface area contributed by atoms with Crippen molar-refractivity contribution in [1.82, 2.24) is 4.98 Å². The lowest BCUT2D eigenvalue weighted by Crippen LogP contribution is -1.92. The molecular formula is C19H18ClN3S. The smallest absolute Gasteiger partial charge is 0.204 e. The molecule has 0 saturated carbocycles. The quantitative estimate of drug-likeness (QED) is 0.465. The van der Waals surface area contributed by atoms with Gasteiger partial charge in [-0.25, -0.2) is 4.98 Å². The topological polar surface area (TPSA) is 37.3 Å². The lowest BCUT2D eigenvalue weighted by molar-refractivity contribution is 1.17. The third-order valence-corrected chi connectivity index (χ3v) is 5.13. The third-order valence-electron chi connectivity index (χ3n) is 3.70. The monoisotopic (exact) mass is 355 g/mol. The van der Waals surface area contributed by atoms with E-state index in [0.29, 0.717) is 5.02 Å². The van der Waals surface area contributed by atoms with Gasteiger partial charge in [0.1, 0.15) is 0 Å². The van der Waals surface area contributed by atoms with Crippen LogP contribution in [0, 0.1) is 6.92 Å². The Morgan fingerprint density at radius 3 is 2.67 bits per heavy atom. The summed E-state index contributed by atoms with van der Waals surface area (Å²) in [5.74, 6) is 0. The number of hydrogen-bond acceptors (Lipinski definition) is 4. The second kappa shape index (κ2) is 7.60.